The summed E-state index contributed by atoms with van der Waals surface area (Å²) in [6.07, 6.45) is 8.63. The number of nitriles is 1. The molecule has 2 aromatic carbocycles. The van der Waals surface area contributed by atoms with Gasteiger partial charge in [0.05, 0.1) is 36.0 Å². The summed E-state index contributed by atoms with van der Waals surface area (Å²) in [4.78, 5) is 28.5. The number of nitrogens with zero attached hydrogens (tertiary/aromatic N) is 6. The summed E-state index contributed by atoms with van der Waals surface area (Å²) in [6, 6.07) is 11.1. The Balaban J connectivity index is 1.36. The number of halogens is 1. The predicted molar refractivity (Wildman–Crippen MR) is 175 cm³/mol. The second kappa shape index (κ2) is 12.9. The number of benzene rings is 2. The Hall–Kier alpha value is -4.23. The number of amides is 1. The van der Waals surface area contributed by atoms with Gasteiger partial charge in [-0.25, -0.2) is 4.39 Å². The van der Waals surface area contributed by atoms with E-state index in [0.29, 0.717) is 44.2 Å². The highest BCUT2D eigenvalue weighted by atomic mass is 19.1. The Labute approximate surface area is 269 Å². The van der Waals surface area contributed by atoms with Gasteiger partial charge in [-0.1, -0.05) is 24.8 Å². The van der Waals surface area contributed by atoms with E-state index in [9.17, 15) is 14.4 Å². The summed E-state index contributed by atoms with van der Waals surface area (Å²) in [7, 11) is 2.12. The van der Waals surface area contributed by atoms with Crippen LogP contribution >= 0.6 is 0 Å². The average Bonchev–Trinajstić information content (AvgIpc) is 3.50. The quantitative estimate of drug-likeness (QED) is 0.323. The second-order valence-electron chi connectivity index (χ2n) is 13.0. The third kappa shape index (κ3) is 5.66. The van der Waals surface area contributed by atoms with E-state index in [1.165, 1.54) is 40.0 Å². The maximum atomic E-state index is 13.9. The molecule has 0 N–H and O–H groups in total. The molecule has 2 fully saturated rings. The molecule has 0 spiro atoms. The highest BCUT2D eigenvalue weighted by molar-refractivity contribution is 6.01. The molecule has 2 atom stereocenters. The van der Waals surface area contributed by atoms with Gasteiger partial charge in [-0.3, -0.25) is 4.79 Å². The van der Waals surface area contributed by atoms with Crippen LogP contribution in [0.1, 0.15) is 55.2 Å². The van der Waals surface area contributed by atoms with E-state index in [2.05, 4.69) is 53.8 Å². The largest absolute Gasteiger partial charge is 0.492 e. The van der Waals surface area contributed by atoms with E-state index in [-0.39, 0.29) is 13.0 Å². The topological polar surface area (TPSA) is 94.8 Å². The highest BCUT2D eigenvalue weighted by Crippen LogP contribution is 2.46. The molecule has 1 amide bonds. The van der Waals surface area contributed by atoms with Gasteiger partial charge in [0.15, 0.2) is 5.83 Å². The first-order chi connectivity index (χ1) is 22.4. The SMILES string of the molecule is C=C(F)C(=O)N1CCN(c2nc(OCC3CCCN3C)nc3cc(-c4cccc5c4CCCC5)c4c(c23)OCCC4)CC1CC#N. The van der Waals surface area contributed by atoms with Crippen molar-refractivity contribution in [2.75, 3.05) is 51.3 Å². The van der Waals surface area contributed by atoms with Crippen LogP contribution in [-0.2, 0) is 24.1 Å². The van der Waals surface area contributed by atoms with Gasteiger partial charge < -0.3 is 24.2 Å². The van der Waals surface area contributed by atoms with Gasteiger partial charge in [-0.05, 0) is 93.3 Å². The number of hydrogen-bond donors (Lipinski definition) is 0. The zero-order valence-corrected chi connectivity index (χ0v) is 26.6. The monoisotopic (exact) mass is 624 g/mol. The lowest BCUT2D eigenvalue weighted by Gasteiger charge is -2.41. The predicted octanol–water partition coefficient (Wildman–Crippen LogP) is 5.39. The summed E-state index contributed by atoms with van der Waals surface area (Å²) in [6.45, 7) is 6.29. The number of fused-ring (bicyclic) bond motifs is 4. The molecule has 0 saturated carbocycles. The van der Waals surface area contributed by atoms with Crippen LogP contribution in [0.4, 0.5) is 10.2 Å². The van der Waals surface area contributed by atoms with Crippen LogP contribution in [-0.4, -0.2) is 84.2 Å². The van der Waals surface area contributed by atoms with Crippen molar-refractivity contribution in [3.63, 3.8) is 0 Å². The molecule has 1 aromatic heterocycles. The Morgan fingerprint density at radius 3 is 2.74 bits per heavy atom. The molecule has 3 aliphatic heterocycles. The number of likely N-dealkylation sites (tertiary alicyclic amines) is 1. The zero-order chi connectivity index (χ0) is 31.8. The Morgan fingerprint density at radius 1 is 1.09 bits per heavy atom. The van der Waals surface area contributed by atoms with E-state index in [1.54, 1.807) is 0 Å². The minimum atomic E-state index is -1.02. The van der Waals surface area contributed by atoms with Crippen molar-refractivity contribution >= 4 is 22.6 Å². The number of likely N-dealkylation sites (N-methyl/N-ethyl adjacent to an activating group) is 1. The minimum Gasteiger partial charge on any atom is -0.492 e. The second-order valence-corrected chi connectivity index (χ2v) is 13.0. The summed E-state index contributed by atoms with van der Waals surface area (Å²) in [5.41, 5.74) is 7.17. The van der Waals surface area contributed by atoms with Crippen LogP contribution in [0.2, 0.25) is 0 Å². The number of hydrogen-bond acceptors (Lipinski definition) is 8. The lowest BCUT2D eigenvalue weighted by Crippen LogP contribution is -2.55. The molecule has 10 heteroatoms. The molecule has 240 valence electrons. The molecule has 9 nitrogen and oxygen atoms in total. The number of aryl methyl sites for hydroxylation is 1. The van der Waals surface area contributed by atoms with Crippen molar-refractivity contribution < 1.29 is 18.7 Å². The van der Waals surface area contributed by atoms with E-state index in [1.807, 2.05) is 0 Å². The number of carbonyl (C=O) groups is 1. The van der Waals surface area contributed by atoms with Crippen molar-refractivity contribution in [1.82, 2.24) is 19.8 Å². The molecule has 3 aromatic rings. The van der Waals surface area contributed by atoms with Gasteiger partial charge in [0.2, 0.25) is 0 Å². The lowest BCUT2D eigenvalue weighted by atomic mass is 9.83. The van der Waals surface area contributed by atoms with Crippen molar-refractivity contribution in [2.45, 2.75) is 69.9 Å². The van der Waals surface area contributed by atoms with Crippen LogP contribution < -0.4 is 14.4 Å². The molecular formula is C36H41FN6O3. The highest BCUT2D eigenvalue weighted by Gasteiger charge is 2.35. The maximum Gasteiger partial charge on any atom is 0.319 e. The standard InChI is InChI=1S/C36H41FN6O3/c1-23(37)35(44)43-18-17-42(21-25(43)14-15-38)34-32-31(39-36(40-34)46-22-26-10-6-16-41(26)2)20-30(29-13-7-19-45-33(29)32)28-12-5-9-24-8-3-4-11-27(24)28/h5,9,12,20,25-26H,1,3-4,6-8,10-11,13-14,16-19,21-22H2,2H3. The maximum absolute atomic E-state index is 13.9. The fraction of sp³-hybridized carbons (Fsp3) is 0.500. The van der Waals surface area contributed by atoms with Gasteiger partial charge >= 0.3 is 6.01 Å². The van der Waals surface area contributed by atoms with Crippen molar-refractivity contribution in [3.05, 3.63) is 53.4 Å². The smallest absolute Gasteiger partial charge is 0.319 e. The van der Waals surface area contributed by atoms with Gasteiger partial charge in [0.25, 0.3) is 5.91 Å². The average molecular weight is 625 g/mol. The number of carbonyl (C=O) groups excluding carboxylic acids is 1. The molecular weight excluding hydrogens is 583 g/mol. The molecule has 0 bridgehead atoms. The van der Waals surface area contributed by atoms with E-state index >= 15 is 0 Å². The van der Waals surface area contributed by atoms with Gasteiger partial charge in [0.1, 0.15) is 18.2 Å². The number of anilines is 1. The number of ether oxygens (including phenoxy) is 2. The molecule has 4 aliphatic rings. The van der Waals surface area contributed by atoms with Crippen molar-refractivity contribution in [3.8, 4) is 29.0 Å². The molecule has 7 rings (SSSR count). The van der Waals surface area contributed by atoms with E-state index < -0.39 is 17.8 Å². The fourth-order valence-electron chi connectivity index (χ4n) is 7.77. The van der Waals surface area contributed by atoms with E-state index in [4.69, 9.17) is 19.4 Å². The number of piperazine rings is 1. The molecule has 46 heavy (non-hydrogen) atoms. The lowest BCUT2D eigenvalue weighted by molar-refractivity contribution is -0.131. The van der Waals surface area contributed by atoms with Gasteiger partial charge in [0, 0.05) is 31.2 Å². The fourth-order valence-corrected chi connectivity index (χ4v) is 7.77. The summed E-state index contributed by atoms with van der Waals surface area (Å²) < 4.78 is 26.8. The van der Waals surface area contributed by atoms with Crippen LogP contribution in [0.5, 0.6) is 11.8 Å². The van der Waals surface area contributed by atoms with E-state index in [0.717, 1.165) is 67.3 Å². The first kappa shape index (κ1) is 30.4. The van der Waals surface area contributed by atoms with Crippen LogP contribution in [0.25, 0.3) is 22.0 Å². The third-order valence-corrected chi connectivity index (χ3v) is 10.2. The Kier molecular flexibility index (Phi) is 8.52. The van der Waals surface area contributed by atoms with Crippen molar-refractivity contribution in [2.24, 2.45) is 0 Å². The normalized spacial score (nSPS) is 21.3. The first-order valence-corrected chi connectivity index (χ1v) is 16.6. The minimum absolute atomic E-state index is 0.0633. The Morgan fingerprint density at radius 2 is 1.93 bits per heavy atom. The molecule has 2 unspecified atom stereocenters. The Bertz CT molecular complexity index is 1720. The number of rotatable bonds is 7. The number of aromatic nitrogens is 2. The third-order valence-electron chi connectivity index (χ3n) is 10.2. The summed E-state index contributed by atoms with van der Waals surface area (Å²) >= 11 is 0. The molecule has 1 aliphatic carbocycles. The van der Waals surface area contributed by atoms with Gasteiger partial charge in [-0.15, -0.1) is 0 Å². The van der Waals surface area contributed by atoms with Crippen LogP contribution in [0.15, 0.2) is 36.7 Å². The first-order valence-electron chi connectivity index (χ1n) is 16.6. The van der Waals surface area contributed by atoms with Crippen molar-refractivity contribution in [1.29, 1.82) is 5.26 Å². The molecule has 2 saturated heterocycles. The van der Waals surface area contributed by atoms with Crippen LogP contribution in [0, 0.1) is 11.3 Å². The zero-order valence-electron chi connectivity index (χ0n) is 26.6. The summed E-state index contributed by atoms with van der Waals surface area (Å²) in [5.74, 6) is -0.325. The molecule has 4 heterocycles. The summed E-state index contributed by atoms with van der Waals surface area (Å²) in [5, 5.41) is 10.4. The van der Waals surface area contributed by atoms with Gasteiger partial charge in [-0.2, -0.15) is 15.2 Å². The van der Waals surface area contributed by atoms with Crippen LogP contribution in [0.3, 0.4) is 0 Å². The molecule has 0 radical (unpaired) electrons.